The molecule has 0 bridgehead atoms. The highest BCUT2D eigenvalue weighted by atomic mass is 32.2. The molecule has 2 fully saturated rings. The number of carbonyl (C=O) groups excluding carboxylic acids is 1. The Bertz CT molecular complexity index is 1060. The minimum Gasteiger partial charge on any atom is -0.379 e. The highest BCUT2D eigenvalue weighted by molar-refractivity contribution is 7.89. The molecule has 4 rings (SSSR count). The van der Waals surface area contributed by atoms with Crippen LogP contribution in [0.15, 0.2) is 27.6 Å². The van der Waals surface area contributed by atoms with E-state index in [4.69, 9.17) is 9.26 Å². The second-order valence-corrected chi connectivity index (χ2v) is 10.4. The summed E-state index contributed by atoms with van der Waals surface area (Å²) in [4.78, 5) is 17.7. The maximum atomic E-state index is 13.1. The van der Waals surface area contributed by atoms with Gasteiger partial charge in [0.05, 0.1) is 18.1 Å². The number of amides is 1. The average Bonchev–Trinajstić information content (AvgIpc) is 3.49. The summed E-state index contributed by atoms with van der Waals surface area (Å²) in [5.74, 6) is 1.05. The molecule has 1 aliphatic heterocycles. The van der Waals surface area contributed by atoms with E-state index in [1.165, 1.54) is 16.4 Å². The Morgan fingerprint density at radius 1 is 1.23 bits per heavy atom. The van der Waals surface area contributed by atoms with Gasteiger partial charge in [-0.2, -0.15) is 9.29 Å². The highest BCUT2D eigenvalue weighted by Gasteiger charge is 2.32. The van der Waals surface area contributed by atoms with Crippen LogP contribution in [0.1, 0.15) is 66.3 Å². The fourth-order valence-corrected chi connectivity index (χ4v) is 4.99. The molecule has 1 aromatic carbocycles. The lowest BCUT2D eigenvalue weighted by atomic mass is 10.0. The second-order valence-electron chi connectivity index (χ2n) is 8.45. The van der Waals surface area contributed by atoms with Crippen molar-refractivity contribution < 1.29 is 22.5 Å². The monoisotopic (exact) mass is 448 g/mol. The minimum absolute atomic E-state index is 0.0111. The summed E-state index contributed by atoms with van der Waals surface area (Å²) in [5.41, 5.74) is 0.993. The summed E-state index contributed by atoms with van der Waals surface area (Å²) in [6, 6.07) is 4.17. The van der Waals surface area contributed by atoms with Gasteiger partial charge in [-0.25, -0.2) is 8.42 Å². The average molecular weight is 449 g/mol. The zero-order valence-electron chi connectivity index (χ0n) is 18.0. The molecule has 2 heterocycles. The maximum absolute atomic E-state index is 13.1. The summed E-state index contributed by atoms with van der Waals surface area (Å²) < 4.78 is 38.1. The number of nitrogens with one attached hydrogen (secondary N) is 1. The molecule has 2 aliphatic rings. The molecule has 9 nitrogen and oxygen atoms in total. The quantitative estimate of drug-likeness (QED) is 0.692. The van der Waals surface area contributed by atoms with Crippen molar-refractivity contribution in [2.75, 3.05) is 26.3 Å². The van der Waals surface area contributed by atoms with Crippen molar-refractivity contribution in [1.29, 1.82) is 0 Å². The molecule has 0 radical (unpaired) electrons. The molecule has 1 aliphatic carbocycles. The zero-order chi connectivity index (χ0) is 22.2. The molecule has 1 aromatic heterocycles. The van der Waals surface area contributed by atoms with Crippen LogP contribution in [0.5, 0.6) is 0 Å². The van der Waals surface area contributed by atoms with Crippen LogP contribution in [0, 0.1) is 12.8 Å². The molecule has 31 heavy (non-hydrogen) atoms. The van der Waals surface area contributed by atoms with Gasteiger partial charge in [0.2, 0.25) is 15.9 Å². The van der Waals surface area contributed by atoms with Crippen molar-refractivity contribution >= 4 is 15.9 Å². The fraction of sp³-hybridized carbons (Fsp3) is 0.571. The number of hydrogen-bond acceptors (Lipinski definition) is 7. The van der Waals surface area contributed by atoms with Crippen molar-refractivity contribution in [3.8, 4) is 0 Å². The van der Waals surface area contributed by atoms with Crippen molar-refractivity contribution in [3.05, 3.63) is 41.0 Å². The number of sulfonamides is 1. The molecule has 1 N–H and O–H groups in total. The number of hydrogen-bond donors (Lipinski definition) is 1. The number of aromatic nitrogens is 2. The topological polar surface area (TPSA) is 115 Å². The van der Waals surface area contributed by atoms with Crippen molar-refractivity contribution in [3.63, 3.8) is 0 Å². The fourth-order valence-electron chi connectivity index (χ4n) is 3.56. The largest absolute Gasteiger partial charge is 0.379 e. The van der Waals surface area contributed by atoms with Gasteiger partial charge in [0.15, 0.2) is 5.82 Å². The van der Waals surface area contributed by atoms with Gasteiger partial charge in [-0.1, -0.05) is 25.1 Å². The summed E-state index contributed by atoms with van der Waals surface area (Å²) in [7, 11) is -3.70. The van der Waals surface area contributed by atoms with E-state index in [0.717, 1.165) is 12.8 Å². The first kappa shape index (κ1) is 21.9. The molecule has 0 spiro atoms. The first-order valence-electron chi connectivity index (χ1n) is 10.6. The van der Waals surface area contributed by atoms with Gasteiger partial charge in [0.25, 0.3) is 5.91 Å². The van der Waals surface area contributed by atoms with Crippen LogP contribution < -0.4 is 5.32 Å². The van der Waals surface area contributed by atoms with Crippen LogP contribution in [-0.2, 0) is 14.8 Å². The van der Waals surface area contributed by atoms with Crippen molar-refractivity contribution in [2.24, 2.45) is 5.92 Å². The molecule has 1 saturated heterocycles. The Balaban J connectivity index is 1.57. The lowest BCUT2D eigenvalue weighted by Crippen LogP contribution is -2.40. The van der Waals surface area contributed by atoms with Crippen LogP contribution in [0.2, 0.25) is 0 Å². The summed E-state index contributed by atoms with van der Waals surface area (Å²) in [6.45, 7) is 7.02. The van der Waals surface area contributed by atoms with Gasteiger partial charge < -0.3 is 14.6 Å². The van der Waals surface area contributed by atoms with Crippen molar-refractivity contribution in [1.82, 2.24) is 19.8 Å². The number of rotatable bonds is 7. The van der Waals surface area contributed by atoms with Gasteiger partial charge in [-0.05, 0) is 43.4 Å². The van der Waals surface area contributed by atoms with Gasteiger partial charge in [-0.3, -0.25) is 4.79 Å². The number of ether oxygens (including phenoxy) is 1. The summed E-state index contributed by atoms with van der Waals surface area (Å²) >= 11 is 0. The first-order chi connectivity index (χ1) is 14.8. The molecule has 1 amide bonds. The Kier molecular flexibility index (Phi) is 6.14. The van der Waals surface area contributed by atoms with E-state index in [-0.39, 0.29) is 16.7 Å². The molecule has 1 atom stereocenters. The van der Waals surface area contributed by atoms with E-state index in [1.54, 1.807) is 13.0 Å². The number of benzene rings is 1. The van der Waals surface area contributed by atoms with Crippen LogP contribution in [0.3, 0.4) is 0 Å². The molecular formula is C21H28N4O5S. The molecule has 10 heteroatoms. The van der Waals surface area contributed by atoms with Gasteiger partial charge in [0, 0.05) is 24.6 Å². The number of carbonyl (C=O) groups is 1. The molecule has 1 unspecified atom stereocenters. The lowest BCUT2D eigenvalue weighted by molar-refractivity contribution is 0.0730. The van der Waals surface area contributed by atoms with Gasteiger partial charge in [-0.15, -0.1) is 0 Å². The van der Waals surface area contributed by atoms with E-state index in [9.17, 15) is 13.2 Å². The second kappa shape index (κ2) is 8.68. The predicted molar refractivity (Wildman–Crippen MR) is 112 cm³/mol. The molecule has 168 valence electrons. The van der Waals surface area contributed by atoms with Gasteiger partial charge >= 0.3 is 0 Å². The van der Waals surface area contributed by atoms with E-state index < -0.39 is 16.1 Å². The Morgan fingerprint density at radius 2 is 1.94 bits per heavy atom. The number of morpholine rings is 1. The molecular weight excluding hydrogens is 420 g/mol. The van der Waals surface area contributed by atoms with Crippen LogP contribution in [0.25, 0.3) is 0 Å². The van der Waals surface area contributed by atoms with E-state index in [2.05, 4.69) is 15.5 Å². The third-order valence-electron chi connectivity index (χ3n) is 5.68. The smallest absolute Gasteiger partial charge is 0.252 e. The van der Waals surface area contributed by atoms with E-state index in [0.29, 0.717) is 55.1 Å². The van der Waals surface area contributed by atoms with Crippen LogP contribution in [0.4, 0.5) is 0 Å². The standard InChI is InChI=1S/C21H28N4O5S/c1-13(2)18(21-23-19(24-30-21)15-5-6-15)22-20(26)17-12-16(7-4-14(17)3)31(27,28)25-8-10-29-11-9-25/h4,7,12-13,15,18H,5-6,8-11H2,1-3H3,(H,22,26). The Labute approximate surface area is 182 Å². The summed E-state index contributed by atoms with van der Waals surface area (Å²) in [6.07, 6.45) is 2.11. The zero-order valence-corrected chi connectivity index (χ0v) is 18.8. The molecule has 2 aromatic rings. The Morgan fingerprint density at radius 3 is 2.58 bits per heavy atom. The molecule has 1 saturated carbocycles. The minimum atomic E-state index is -3.70. The van der Waals surface area contributed by atoms with Crippen molar-refractivity contribution in [2.45, 2.75) is 50.5 Å². The normalized spacial score (nSPS) is 18.8. The van der Waals surface area contributed by atoms with E-state index in [1.807, 2.05) is 13.8 Å². The van der Waals surface area contributed by atoms with Crippen LogP contribution in [-0.4, -0.2) is 55.1 Å². The van der Waals surface area contributed by atoms with Gasteiger partial charge in [0.1, 0.15) is 6.04 Å². The third-order valence-corrected chi connectivity index (χ3v) is 7.58. The highest BCUT2D eigenvalue weighted by Crippen LogP contribution is 2.38. The maximum Gasteiger partial charge on any atom is 0.252 e. The van der Waals surface area contributed by atoms with E-state index >= 15 is 0 Å². The first-order valence-corrected chi connectivity index (χ1v) is 12.0. The van der Waals surface area contributed by atoms with Crippen LogP contribution >= 0.6 is 0 Å². The predicted octanol–water partition coefficient (Wildman–Crippen LogP) is 2.40. The number of aryl methyl sites for hydroxylation is 1. The Hall–Kier alpha value is -2.30. The number of nitrogens with zero attached hydrogens (tertiary/aromatic N) is 3. The lowest BCUT2D eigenvalue weighted by Gasteiger charge is -2.26. The summed E-state index contributed by atoms with van der Waals surface area (Å²) in [5, 5.41) is 7.00. The third kappa shape index (κ3) is 4.65. The SMILES string of the molecule is Cc1ccc(S(=O)(=O)N2CCOCC2)cc1C(=O)NC(c1nc(C2CC2)no1)C(C)C.